The summed E-state index contributed by atoms with van der Waals surface area (Å²) in [5.74, 6) is 2.27. The fourth-order valence-corrected chi connectivity index (χ4v) is 4.50. The van der Waals surface area contributed by atoms with Crippen LogP contribution in [0.4, 0.5) is 0 Å². The zero-order valence-corrected chi connectivity index (χ0v) is 20.7. The SMILES string of the molecule is COc1ccc(C(O)CN2CCN(CCOc3ccccc3Cc3ccccc3)CC2)cc1OC. The van der Waals surface area contributed by atoms with Gasteiger partial charge in [0.25, 0.3) is 0 Å². The Hall–Kier alpha value is -3.06. The number of rotatable bonds is 11. The second-order valence-electron chi connectivity index (χ2n) is 8.89. The second-order valence-corrected chi connectivity index (χ2v) is 8.89. The standard InChI is InChI=1S/C29H36N2O4/c1-33-28-13-12-24(21-29(28)34-2)26(32)22-31-16-14-30(15-17-31)18-19-35-27-11-7-6-10-25(27)20-23-8-4-3-5-9-23/h3-13,21,26,32H,14-20,22H2,1-2H3. The lowest BCUT2D eigenvalue weighted by Crippen LogP contribution is -2.48. The molecule has 1 aliphatic heterocycles. The van der Waals surface area contributed by atoms with E-state index in [0.29, 0.717) is 24.7 Å². The summed E-state index contributed by atoms with van der Waals surface area (Å²) < 4.78 is 16.8. The third-order valence-electron chi connectivity index (χ3n) is 6.56. The Balaban J connectivity index is 1.21. The number of methoxy groups -OCH3 is 2. The van der Waals surface area contributed by atoms with Crippen molar-refractivity contribution >= 4 is 0 Å². The van der Waals surface area contributed by atoms with Gasteiger partial charge in [-0.15, -0.1) is 0 Å². The van der Waals surface area contributed by atoms with Crippen LogP contribution in [-0.2, 0) is 6.42 Å². The molecular weight excluding hydrogens is 440 g/mol. The smallest absolute Gasteiger partial charge is 0.161 e. The maximum atomic E-state index is 10.7. The van der Waals surface area contributed by atoms with Crippen LogP contribution >= 0.6 is 0 Å². The monoisotopic (exact) mass is 476 g/mol. The molecule has 0 bridgehead atoms. The number of hydrogen-bond donors (Lipinski definition) is 1. The molecule has 1 N–H and O–H groups in total. The van der Waals surface area contributed by atoms with Gasteiger partial charge in [0.1, 0.15) is 12.4 Å². The molecule has 6 heteroatoms. The number of para-hydroxylation sites is 1. The van der Waals surface area contributed by atoms with Crippen LogP contribution in [0.1, 0.15) is 22.8 Å². The summed E-state index contributed by atoms with van der Waals surface area (Å²) in [6.07, 6.45) is 0.309. The van der Waals surface area contributed by atoms with Crippen molar-refractivity contribution in [2.45, 2.75) is 12.5 Å². The molecule has 1 aliphatic rings. The fourth-order valence-electron chi connectivity index (χ4n) is 4.50. The van der Waals surface area contributed by atoms with Crippen LogP contribution in [0.15, 0.2) is 72.8 Å². The fraction of sp³-hybridized carbons (Fsp3) is 0.379. The summed E-state index contributed by atoms with van der Waals surface area (Å²) in [5, 5.41) is 10.7. The zero-order valence-electron chi connectivity index (χ0n) is 20.7. The summed E-state index contributed by atoms with van der Waals surface area (Å²) in [6.45, 7) is 5.95. The van der Waals surface area contributed by atoms with Crippen LogP contribution in [0.3, 0.4) is 0 Å². The van der Waals surface area contributed by atoms with Crippen LogP contribution < -0.4 is 14.2 Å². The highest BCUT2D eigenvalue weighted by molar-refractivity contribution is 5.43. The summed E-state index contributed by atoms with van der Waals surface area (Å²) in [4.78, 5) is 4.74. The first-order chi connectivity index (χ1) is 17.2. The molecule has 0 spiro atoms. The van der Waals surface area contributed by atoms with Crippen molar-refractivity contribution in [2.75, 3.05) is 60.1 Å². The first-order valence-electron chi connectivity index (χ1n) is 12.3. The van der Waals surface area contributed by atoms with E-state index in [1.54, 1.807) is 14.2 Å². The van der Waals surface area contributed by atoms with Crippen LogP contribution in [-0.4, -0.2) is 75.0 Å². The highest BCUT2D eigenvalue weighted by Gasteiger charge is 2.21. The van der Waals surface area contributed by atoms with Gasteiger partial charge in [-0.3, -0.25) is 9.80 Å². The third-order valence-corrected chi connectivity index (χ3v) is 6.56. The number of β-amino-alcohol motifs (C(OH)–C–C–N with tert-alkyl or cyclic N) is 1. The minimum atomic E-state index is -0.564. The number of aliphatic hydroxyl groups excluding tert-OH is 1. The molecule has 0 radical (unpaired) electrons. The second kappa shape index (κ2) is 12.6. The molecule has 1 fully saturated rings. The van der Waals surface area contributed by atoms with E-state index in [-0.39, 0.29) is 0 Å². The average molecular weight is 477 g/mol. The molecule has 0 amide bonds. The Morgan fingerprint density at radius 3 is 2.20 bits per heavy atom. The third kappa shape index (κ3) is 6.98. The average Bonchev–Trinajstić information content (AvgIpc) is 2.90. The minimum absolute atomic E-state index is 0.564. The lowest BCUT2D eigenvalue weighted by atomic mass is 10.0. The maximum Gasteiger partial charge on any atom is 0.161 e. The van der Waals surface area contributed by atoms with Crippen molar-refractivity contribution in [3.63, 3.8) is 0 Å². The van der Waals surface area contributed by atoms with E-state index in [1.807, 2.05) is 30.3 Å². The van der Waals surface area contributed by atoms with Gasteiger partial charge in [-0.2, -0.15) is 0 Å². The Kier molecular flexibility index (Phi) is 9.01. The first kappa shape index (κ1) is 25.0. The van der Waals surface area contributed by atoms with Crippen molar-refractivity contribution in [1.82, 2.24) is 9.80 Å². The van der Waals surface area contributed by atoms with Gasteiger partial charge in [0, 0.05) is 45.7 Å². The van der Waals surface area contributed by atoms with E-state index in [4.69, 9.17) is 14.2 Å². The normalized spacial score (nSPS) is 15.5. The van der Waals surface area contributed by atoms with E-state index in [1.165, 1.54) is 11.1 Å². The molecule has 1 atom stereocenters. The number of benzene rings is 3. The predicted molar refractivity (Wildman–Crippen MR) is 139 cm³/mol. The maximum absolute atomic E-state index is 10.7. The molecule has 0 aromatic heterocycles. The highest BCUT2D eigenvalue weighted by Crippen LogP contribution is 2.30. The summed E-state index contributed by atoms with van der Waals surface area (Å²) in [7, 11) is 3.22. The van der Waals surface area contributed by atoms with Gasteiger partial charge in [-0.25, -0.2) is 0 Å². The Labute approximate surface area is 208 Å². The number of piperazine rings is 1. The minimum Gasteiger partial charge on any atom is -0.493 e. The number of ether oxygens (including phenoxy) is 3. The van der Waals surface area contributed by atoms with Crippen molar-refractivity contribution in [3.8, 4) is 17.2 Å². The molecule has 186 valence electrons. The molecule has 6 nitrogen and oxygen atoms in total. The predicted octanol–water partition coefficient (Wildman–Crippen LogP) is 4.02. The van der Waals surface area contributed by atoms with Crippen molar-refractivity contribution < 1.29 is 19.3 Å². The molecular formula is C29H36N2O4. The molecule has 0 saturated carbocycles. The summed E-state index contributed by atoms with van der Waals surface area (Å²) >= 11 is 0. The zero-order chi connectivity index (χ0) is 24.5. The van der Waals surface area contributed by atoms with Crippen molar-refractivity contribution in [3.05, 3.63) is 89.5 Å². The summed E-state index contributed by atoms with van der Waals surface area (Å²) in [6, 6.07) is 24.4. The van der Waals surface area contributed by atoms with Crippen LogP contribution in [0.5, 0.6) is 17.2 Å². The quantitative estimate of drug-likeness (QED) is 0.451. The van der Waals surface area contributed by atoms with Gasteiger partial charge in [0.05, 0.1) is 20.3 Å². The van der Waals surface area contributed by atoms with Crippen LogP contribution in [0, 0.1) is 0 Å². The topological polar surface area (TPSA) is 54.4 Å². The van der Waals surface area contributed by atoms with E-state index < -0.39 is 6.10 Å². The number of hydrogen-bond acceptors (Lipinski definition) is 6. The van der Waals surface area contributed by atoms with E-state index in [9.17, 15) is 5.11 Å². The largest absolute Gasteiger partial charge is 0.493 e. The molecule has 0 aliphatic carbocycles. The van der Waals surface area contributed by atoms with Gasteiger partial charge in [0.2, 0.25) is 0 Å². The van der Waals surface area contributed by atoms with Gasteiger partial charge >= 0.3 is 0 Å². The molecule has 4 rings (SSSR count). The van der Waals surface area contributed by atoms with E-state index >= 15 is 0 Å². The lowest BCUT2D eigenvalue weighted by Gasteiger charge is -2.35. The Bertz CT molecular complexity index is 1050. The molecule has 1 saturated heterocycles. The van der Waals surface area contributed by atoms with Gasteiger partial charge in [-0.05, 0) is 34.9 Å². The van der Waals surface area contributed by atoms with Crippen molar-refractivity contribution in [1.29, 1.82) is 0 Å². The highest BCUT2D eigenvalue weighted by atomic mass is 16.5. The Morgan fingerprint density at radius 2 is 1.46 bits per heavy atom. The molecule has 1 unspecified atom stereocenters. The summed E-state index contributed by atoms with van der Waals surface area (Å²) in [5.41, 5.74) is 3.34. The van der Waals surface area contributed by atoms with Gasteiger partial charge in [-0.1, -0.05) is 54.6 Å². The van der Waals surface area contributed by atoms with Crippen LogP contribution in [0.25, 0.3) is 0 Å². The van der Waals surface area contributed by atoms with Crippen LogP contribution in [0.2, 0.25) is 0 Å². The first-order valence-corrected chi connectivity index (χ1v) is 12.3. The molecule has 1 heterocycles. The lowest BCUT2D eigenvalue weighted by molar-refractivity contribution is 0.0674. The Morgan fingerprint density at radius 1 is 0.771 bits per heavy atom. The molecule has 3 aromatic rings. The van der Waals surface area contributed by atoms with E-state index in [2.05, 4.69) is 52.3 Å². The van der Waals surface area contributed by atoms with Crippen molar-refractivity contribution in [2.24, 2.45) is 0 Å². The van der Waals surface area contributed by atoms with Gasteiger partial charge < -0.3 is 19.3 Å². The number of nitrogens with zero attached hydrogens (tertiary/aromatic N) is 2. The molecule has 3 aromatic carbocycles. The molecule has 35 heavy (non-hydrogen) atoms. The van der Waals surface area contributed by atoms with Gasteiger partial charge in [0.15, 0.2) is 11.5 Å². The van der Waals surface area contributed by atoms with E-state index in [0.717, 1.165) is 50.5 Å². The number of aliphatic hydroxyl groups is 1.